The Morgan fingerprint density at radius 2 is 1.19 bits per heavy atom. The maximum atomic E-state index is 12.9. The van der Waals surface area contributed by atoms with Gasteiger partial charge in [-0.2, -0.15) is 0 Å². The van der Waals surface area contributed by atoms with E-state index in [-0.39, 0.29) is 24.4 Å². The van der Waals surface area contributed by atoms with E-state index in [9.17, 15) is 14.2 Å². The molecule has 0 aromatic carbocycles. The Labute approximate surface area is 224 Å². The zero-order chi connectivity index (χ0) is 28.5. The van der Waals surface area contributed by atoms with E-state index in [4.69, 9.17) is 28.4 Å². The number of unbranched alkanes of at least 4 members (excludes halogenated alkanes) is 2. The molecule has 10 heteroatoms. The molecule has 0 N–H and O–H groups in total. The van der Waals surface area contributed by atoms with Crippen molar-refractivity contribution in [1.29, 1.82) is 0 Å². The molecule has 0 spiro atoms. The van der Waals surface area contributed by atoms with Gasteiger partial charge in [0.1, 0.15) is 0 Å². The van der Waals surface area contributed by atoms with Gasteiger partial charge in [-0.1, -0.05) is 66.5 Å². The lowest BCUT2D eigenvalue weighted by Crippen LogP contribution is -2.59. The van der Waals surface area contributed by atoms with Gasteiger partial charge in [-0.3, -0.25) is 9.30 Å². The summed E-state index contributed by atoms with van der Waals surface area (Å²) in [7, 11) is -0.625. The highest BCUT2D eigenvalue weighted by Gasteiger charge is 2.58. The molecule has 0 fully saturated rings. The number of rotatable bonds is 22. The van der Waals surface area contributed by atoms with E-state index < -0.39 is 44.3 Å². The molecule has 37 heavy (non-hydrogen) atoms. The molecule has 0 rings (SSSR count). The predicted octanol–water partition coefficient (Wildman–Crippen LogP) is 6.81. The molecule has 214 valence electrons. The normalized spacial score (nSPS) is 16.3. The van der Waals surface area contributed by atoms with Crippen LogP contribution in [-0.4, -0.2) is 49.0 Å². The molecule has 4 unspecified atom stereocenters. The van der Waals surface area contributed by atoms with Crippen LogP contribution in [0.15, 0.2) is 24.3 Å². The fraction of sp³-hybridized carbons (Fsp3) is 0.778. The van der Waals surface area contributed by atoms with Crippen molar-refractivity contribution in [2.75, 3.05) is 13.2 Å². The Morgan fingerprint density at radius 1 is 0.757 bits per heavy atom. The van der Waals surface area contributed by atoms with Crippen LogP contribution in [0.2, 0.25) is 0 Å². The standard InChI is InChI=1S/C27H47O9P/c1-10-14-18-31-26(9,35-22(16-12-3)33-24(28)20(5)6)27(37-30,32-19-15-11-2)36-23(17-13-4)34-25(29)21(7)8/h22-23H,5,7,10-19H2,1-4,6,8-9H3. The predicted molar refractivity (Wildman–Crippen MR) is 142 cm³/mol. The van der Waals surface area contributed by atoms with Gasteiger partial charge in [0, 0.05) is 24.0 Å². The van der Waals surface area contributed by atoms with Crippen LogP contribution in [0.1, 0.15) is 99.8 Å². The SMILES string of the molecule is C=C(C)C(=O)OC(CCC)OC(C)(OCCCC)C(OCCCC)(OC(CCC)OC(=O)C(=C)C)P=O. The summed E-state index contributed by atoms with van der Waals surface area (Å²) in [6.45, 7) is 20.0. The largest absolute Gasteiger partial charge is 0.432 e. The molecule has 0 saturated carbocycles. The summed E-state index contributed by atoms with van der Waals surface area (Å²) in [4.78, 5) is 24.6. The first-order valence-electron chi connectivity index (χ1n) is 13.2. The molecule has 0 saturated heterocycles. The van der Waals surface area contributed by atoms with E-state index in [0.29, 0.717) is 38.5 Å². The summed E-state index contributed by atoms with van der Waals surface area (Å²) in [6.07, 6.45) is 2.58. The Balaban J connectivity index is 6.56. The molecule has 9 nitrogen and oxygen atoms in total. The van der Waals surface area contributed by atoms with E-state index in [0.717, 1.165) is 12.8 Å². The number of esters is 2. The Hall–Kier alpha value is -1.64. The van der Waals surface area contributed by atoms with E-state index in [2.05, 4.69) is 13.2 Å². The van der Waals surface area contributed by atoms with Gasteiger partial charge in [0.2, 0.25) is 26.8 Å². The highest BCUT2D eigenvalue weighted by molar-refractivity contribution is 7.25. The lowest BCUT2D eigenvalue weighted by atomic mass is 10.2. The molecule has 0 aliphatic carbocycles. The van der Waals surface area contributed by atoms with Crippen LogP contribution in [0, 0.1) is 0 Å². The number of carbonyl (C=O) groups excluding carboxylic acids is 2. The average Bonchev–Trinajstić information content (AvgIpc) is 2.83. The summed E-state index contributed by atoms with van der Waals surface area (Å²) < 4.78 is 48.6. The molecule has 0 aromatic rings. The van der Waals surface area contributed by atoms with Crippen LogP contribution in [0.4, 0.5) is 0 Å². The van der Waals surface area contributed by atoms with Crippen molar-refractivity contribution in [1.82, 2.24) is 0 Å². The maximum Gasteiger partial charge on any atom is 0.335 e. The topological polar surface area (TPSA) is 107 Å². The van der Waals surface area contributed by atoms with Gasteiger partial charge in [0.15, 0.2) is 0 Å². The van der Waals surface area contributed by atoms with Crippen molar-refractivity contribution >= 4 is 20.4 Å². The van der Waals surface area contributed by atoms with Crippen LogP contribution < -0.4 is 0 Å². The monoisotopic (exact) mass is 546 g/mol. The van der Waals surface area contributed by atoms with Crippen molar-refractivity contribution < 1.29 is 42.6 Å². The molecule has 0 heterocycles. The summed E-state index contributed by atoms with van der Waals surface area (Å²) in [6, 6.07) is 0. The van der Waals surface area contributed by atoms with E-state index in [1.54, 1.807) is 0 Å². The second kappa shape index (κ2) is 18.6. The summed E-state index contributed by atoms with van der Waals surface area (Å²) in [5, 5.41) is 0. The van der Waals surface area contributed by atoms with Gasteiger partial charge >= 0.3 is 17.5 Å². The van der Waals surface area contributed by atoms with Crippen molar-refractivity contribution in [3.05, 3.63) is 24.3 Å². The second-order valence-electron chi connectivity index (χ2n) is 9.07. The molecular formula is C27H47O9P. The lowest BCUT2D eigenvalue weighted by molar-refractivity contribution is -0.412. The van der Waals surface area contributed by atoms with Crippen LogP contribution in [-0.2, 0) is 42.6 Å². The number of hydrogen-bond acceptors (Lipinski definition) is 9. The highest BCUT2D eigenvalue weighted by atomic mass is 31.1. The Morgan fingerprint density at radius 3 is 1.57 bits per heavy atom. The number of hydrogen-bond donors (Lipinski definition) is 0. The van der Waals surface area contributed by atoms with Gasteiger partial charge in [-0.15, -0.1) is 0 Å². The van der Waals surface area contributed by atoms with E-state index >= 15 is 0 Å². The molecule has 4 atom stereocenters. The Bertz CT molecular complexity index is 741. The zero-order valence-electron chi connectivity index (χ0n) is 23.8. The molecular weight excluding hydrogens is 499 g/mol. The quantitative estimate of drug-likeness (QED) is 0.0476. The molecule has 0 radical (unpaired) electrons. The van der Waals surface area contributed by atoms with Crippen LogP contribution in [0.5, 0.6) is 0 Å². The van der Waals surface area contributed by atoms with E-state index in [1.807, 2.05) is 27.7 Å². The first kappa shape index (κ1) is 35.4. The van der Waals surface area contributed by atoms with Crippen LogP contribution in [0.3, 0.4) is 0 Å². The van der Waals surface area contributed by atoms with Gasteiger partial charge in [-0.25, -0.2) is 9.59 Å². The minimum atomic E-state index is -2.05. The fourth-order valence-electron chi connectivity index (χ4n) is 2.99. The molecule has 0 amide bonds. The molecule has 0 aromatic heterocycles. The smallest absolute Gasteiger partial charge is 0.335 e. The molecule has 0 aliphatic rings. The third-order valence-corrected chi connectivity index (χ3v) is 6.12. The first-order chi connectivity index (χ1) is 17.5. The van der Waals surface area contributed by atoms with Crippen molar-refractivity contribution in [3.63, 3.8) is 0 Å². The van der Waals surface area contributed by atoms with Crippen molar-refractivity contribution in [2.24, 2.45) is 0 Å². The van der Waals surface area contributed by atoms with Crippen molar-refractivity contribution in [3.8, 4) is 0 Å². The fourth-order valence-corrected chi connectivity index (χ4v) is 3.58. The van der Waals surface area contributed by atoms with Gasteiger partial charge in [0.25, 0.3) is 0 Å². The Kier molecular flexibility index (Phi) is 17.8. The second-order valence-corrected chi connectivity index (χ2v) is 9.84. The minimum Gasteiger partial charge on any atom is -0.432 e. The molecule has 0 aliphatic heterocycles. The van der Waals surface area contributed by atoms with Crippen molar-refractivity contribution in [2.45, 2.75) is 124 Å². The third-order valence-electron chi connectivity index (χ3n) is 5.24. The van der Waals surface area contributed by atoms with Gasteiger partial charge in [0.05, 0.1) is 13.2 Å². The lowest BCUT2D eigenvalue weighted by Gasteiger charge is -2.44. The molecule has 0 bridgehead atoms. The van der Waals surface area contributed by atoms with E-state index in [1.165, 1.54) is 20.8 Å². The van der Waals surface area contributed by atoms with Crippen LogP contribution in [0.25, 0.3) is 0 Å². The highest BCUT2D eigenvalue weighted by Crippen LogP contribution is 2.44. The third kappa shape index (κ3) is 12.2. The van der Waals surface area contributed by atoms with Crippen LogP contribution >= 0.6 is 8.46 Å². The summed E-state index contributed by atoms with van der Waals surface area (Å²) >= 11 is 0. The number of ether oxygens (including phenoxy) is 6. The number of carbonyl (C=O) groups is 2. The maximum absolute atomic E-state index is 12.9. The minimum absolute atomic E-state index is 0.166. The summed E-state index contributed by atoms with van der Waals surface area (Å²) in [5.41, 5.74) is -1.65. The van der Waals surface area contributed by atoms with Gasteiger partial charge in [-0.05, 0) is 33.6 Å². The summed E-state index contributed by atoms with van der Waals surface area (Å²) in [5.74, 6) is -3.11. The van der Waals surface area contributed by atoms with Gasteiger partial charge < -0.3 is 23.7 Å². The average molecular weight is 547 g/mol. The zero-order valence-corrected chi connectivity index (χ0v) is 24.7. The first-order valence-corrected chi connectivity index (χ1v) is 14.0.